The highest BCUT2D eigenvalue weighted by molar-refractivity contribution is 5.06. The Morgan fingerprint density at radius 2 is 2.60 bits per heavy atom. The maximum atomic E-state index is 5.27. The lowest BCUT2D eigenvalue weighted by Gasteiger charge is -2.13. The van der Waals surface area contributed by atoms with E-state index in [9.17, 15) is 0 Å². The number of hydrogen-bond donors (Lipinski definition) is 1. The average molecular weight is 141 g/mol. The summed E-state index contributed by atoms with van der Waals surface area (Å²) in [7, 11) is 0. The topological polar surface area (TPSA) is 21.3 Å². The van der Waals surface area contributed by atoms with Gasteiger partial charge in [0, 0.05) is 6.54 Å². The van der Waals surface area contributed by atoms with E-state index < -0.39 is 0 Å². The number of rotatable bonds is 3. The molecule has 0 atom stereocenters. The molecule has 1 aliphatic rings. The first-order valence-corrected chi connectivity index (χ1v) is 3.90. The number of nitrogens with one attached hydrogen (secondary N) is 1. The minimum absolute atomic E-state index is 0.826. The molecule has 0 spiro atoms. The third kappa shape index (κ3) is 2.50. The molecule has 0 saturated heterocycles. The third-order valence-electron chi connectivity index (χ3n) is 1.58. The summed E-state index contributed by atoms with van der Waals surface area (Å²) < 4.78 is 5.27. The first kappa shape index (κ1) is 7.76. The SMILES string of the molecule is CCNCC1=CCCOC1. The fourth-order valence-electron chi connectivity index (χ4n) is 1.02. The second-order valence-electron chi connectivity index (χ2n) is 2.48. The van der Waals surface area contributed by atoms with Gasteiger partial charge in [-0.3, -0.25) is 0 Å². The normalized spacial score (nSPS) is 18.7. The van der Waals surface area contributed by atoms with Crippen LogP contribution in [0, 0.1) is 0 Å². The fraction of sp³-hybridized carbons (Fsp3) is 0.750. The van der Waals surface area contributed by atoms with E-state index in [2.05, 4.69) is 18.3 Å². The van der Waals surface area contributed by atoms with Crippen molar-refractivity contribution in [3.63, 3.8) is 0 Å². The van der Waals surface area contributed by atoms with E-state index in [1.54, 1.807) is 0 Å². The van der Waals surface area contributed by atoms with Crippen LogP contribution in [-0.2, 0) is 4.74 Å². The van der Waals surface area contributed by atoms with Gasteiger partial charge in [0.2, 0.25) is 0 Å². The van der Waals surface area contributed by atoms with Gasteiger partial charge in [0.15, 0.2) is 0 Å². The Morgan fingerprint density at radius 3 is 3.20 bits per heavy atom. The van der Waals surface area contributed by atoms with Crippen molar-refractivity contribution in [1.29, 1.82) is 0 Å². The Hall–Kier alpha value is -0.340. The van der Waals surface area contributed by atoms with Gasteiger partial charge in [0.05, 0.1) is 13.2 Å². The molecule has 0 aromatic rings. The predicted octanol–water partition coefficient (Wildman–Crippen LogP) is 0.943. The lowest BCUT2D eigenvalue weighted by molar-refractivity contribution is 0.149. The van der Waals surface area contributed by atoms with E-state index in [1.807, 2.05) is 0 Å². The van der Waals surface area contributed by atoms with Gasteiger partial charge in [-0.15, -0.1) is 0 Å². The van der Waals surface area contributed by atoms with Crippen molar-refractivity contribution >= 4 is 0 Å². The largest absolute Gasteiger partial charge is 0.377 e. The summed E-state index contributed by atoms with van der Waals surface area (Å²) in [6.45, 7) is 5.88. The van der Waals surface area contributed by atoms with E-state index in [4.69, 9.17) is 4.74 Å². The zero-order valence-electron chi connectivity index (χ0n) is 6.52. The standard InChI is InChI=1S/C8H15NO/c1-2-9-6-8-4-3-5-10-7-8/h4,9H,2-3,5-7H2,1H3. The van der Waals surface area contributed by atoms with Crippen molar-refractivity contribution < 1.29 is 4.74 Å². The monoisotopic (exact) mass is 141 g/mol. The molecule has 0 amide bonds. The maximum absolute atomic E-state index is 5.27. The van der Waals surface area contributed by atoms with Crippen LogP contribution < -0.4 is 5.32 Å². The lowest BCUT2D eigenvalue weighted by Crippen LogP contribution is -2.20. The molecule has 1 aliphatic heterocycles. The Morgan fingerprint density at radius 1 is 1.70 bits per heavy atom. The van der Waals surface area contributed by atoms with Crippen LogP contribution >= 0.6 is 0 Å². The molecule has 0 aliphatic carbocycles. The molecule has 1 heterocycles. The van der Waals surface area contributed by atoms with E-state index in [0.29, 0.717) is 0 Å². The smallest absolute Gasteiger partial charge is 0.0689 e. The molecule has 0 radical (unpaired) electrons. The molecule has 1 rings (SSSR count). The Kier molecular flexibility index (Phi) is 3.47. The summed E-state index contributed by atoms with van der Waals surface area (Å²) >= 11 is 0. The molecule has 1 N–H and O–H groups in total. The molecule has 0 unspecified atom stereocenters. The number of hydrogen-bond acceptors (Lipinski definition) is 2. The molecule has 2 heteroatoms. The number of ether oxygens (including phenoxy) is 1. The molecule has 0 bridgehead atoms. The summed E-state index contributed by atoms with van der Waals surface area (Å²) in [5.41, 5.74) is 1.40. The molecule has 58 valence electrons. The van der Waals surface area contributed by atoms with Gasteiger partial charge in [-0.25, -0.2) is 0 Å². The highest BCUT2D eigenvalue weighted by Gasteiger charge is 2.01. The average Bonchev–Trinajstić information content (AvgIpc) is 2.03. The van der Waals surface area contributed by atoms with Crippen LogP contribution in [-0.4, -0.2) is 26.3 Å². The van der Waals surface area contributed by atoms with Gasteiger partial charge < -0.3 is 10.1 Å². The zero-order valence-corrected chi connectivity index (χ0v) is 6.52. The summed E-state index contributed by atoms with van der Waals surface area (Å²) in [4.78, 5) is 0. The van der Waals surface area contributed by atoms with Gasteiger partial charge in [0.25, 0.3) is 0 Å². The van der Waals surface area contributed by atoms with Crippen LogP contribution in [0.15, 0.2) is 11.6 Å². The van der Waals surface area contributed by atoms with E-state index in [1.165, 1.54) is 5.57 Å². The quantitative estimate of drug-likeness (QED) is 0.591. The molecular formula is C8H15NO. The highest BCUT2D eigenvalue weighted by atomic mass is 16.5. The summed E-state index contributed by atoms with van der Waals surface area (Å²) in [6.07, 6.45) is 3.35. The summed E-state index contributed by atoms with van der Waals surface area (Å²) in [6, 6.07) is 0. The first-order valence-electron chi connectivity index (χ1n) is 3.90. The lowest BCUT2D eigenvalue weighted by atomic mass is 10.2. The van der Waals surface area contributed by atoms with Crippen LogP contribution in [0.25, 0.3) is 0 Å². The molecule has 0 aromatic heterocycles. The van der Waals surface area contributed by atoms with Gasteiger partial charge >= 0.3 is 0 Å². The molecule has 0 saturated carbocycles. The number of likely N-dealkylation sites (N-methyl/N-ethyl adjacent to an activating group) is 1. The van der Waals surface area contributed by atoms with E-state index in [-0.39, 0.29) is 0 Å². The van der Waals surface area contributed by atoms with Crippen molar-refractivity contribution in [1.82, 2.24) is 5.32 Å². The molecule has 2 nitrogen and oxygen atoms in total. The van der Waals surface area contributed by atoms with Crippen molar-refractivity contribution in [3.05, 3.63) is 11.6 Å². The van der Waals surface area contributed by atoms with Crippen LogP contribution in [0.5, 0.6) is 0 Å². The summed E-state index contributed by atoms with van der Waals surface area (Å²) in [5, 5.41) is 3.27. The van der Waals surface area contributed by atoms with E-state index in [0.717, 1.165) is 32.7 Å². The van der Waals surface area contributed by atoms with Crippen LogP contribution in [0.2, 0.25) is 0 Å². The predicted molar refractivity (Wildman–Crippen MR) is 42.1 cm³/mol. The second kappa shape index (κ2) is 4.47. The zero-order chi connectivity index (χ0) is 7.23. The minimum atomic E-state index is 0.826. The molecule has 0 fully saturated rings. The van der Waals surface area contributed by atoms with E-state index >= 15 is 0 Å². The maximum Gasteiger partial charge on any atom is 0.0689 e. The molecule has 10 heavy (non-hydrogen) atoms. The molecule has 0 aromatic carbocycles. The van der Waals surface area contributed by atoms with Gasteiger partial charge in [-0.2, -0.15) is 0 Å². The first-order chi connectivity index (χ1) is 4.93. The molecular weight excluding hydrogens is 126 g/mol. The Balaban J connectivity index is 2.18. The highest BCUT2D eigenvalue weighted by Crippen LogP contribution is 2.03. The van der Waals surface area contributed by atoms with Gasteiger partial charge in [0.1, 0.15) is 0 Å². The van der Waals surface area contributed by atoms with Crippen molar-refractivity contribution in [2.24, 2.45) is 0 Å². The minimum Gasteiger partial charge on any atom is -0.377 e. The van der Waals surface area contributed by atoms with Crippen molar-refractivity contribution in [3.8, 4) is 0 Å². The van der Waals surface area contributed by atoms with Crippen molar-refractivity contribution in [2.75, 3.05) is 26.3 Å². The van der Waals surface area contributed by atoms with Crippen molar-refractivity contribution in [2.45, 2.75) is 13.3 Å². The third-order valence-corrected chi connectivity index (χ3v) is 1.58. The Bertz CT molecular complexity index is 120. The fourth-order valence-corrected chi connectivity index (χ4v) is 1.02. The summed E-state index contributed by atoms with van der Waals surface area (Å²) in [5.74, 6) is 0. The van der Waals surface area contributed by atoms with Crippen LogP contribution in [0.3, 0.4) is 0 Å². The van der Waals surface area contributed by atoms with Crippen LogP contribution in [0.4, 0.5) is 0 Å². The Labute approximate surface area is 62.3 Å². The van der Waals surface area contributed by atoms with Gasteiger partial charge in [-0.05, 0) is 18.5 Å². The van der Waals surface area contributed by atoms with Crippen LogP contribution in [0.1, 0.15) is 13.3 Å². The van der Waals surface area contributed by atoms with Gasteiger partial charge in [-0.1, -0.05) is 13.0 Å². The second-order valence-corrected chi connectivity index (χ2v) is 2.48.